The van der Waals surface area contributed by atoms with Gasteiger partial charge in [0.15, 0.2) is 0 Å². The minimum absolute atomic E-state index is 0.906. The van der Waals surface area contributed by atoms with Crippen LogP contribution in [0.25, 0.3) is 0 Å². The van der Waals surface area contributed by atoms with Gasteiger partial charge in [0.1, 0.15) is 0 Å². The summed E-state index contributed by atoms with van der Waals surface area (Å²) >= 11 is 2.06. The molecular weight excluding hydrogens is 190 g/mol. The topological polar surface area (TPSA) is 12.0 Å². The molecule has 0 spiro atoms. The van der Waals surface area contributed by atoms with Crippen LogP contribution in [0, 0.1) is 5.92 Å². The van der Waals surface area contributed by atoms with Crippen molar-refractivity contribution in [2.45, 2.75) is 12.2 Å². The highest BCUT2D eigenvalue weighted by atomic mass is 32.2. The molecular formula is C12H17NS. The Morgan fingerprint density at radius 2 is 2.14 bits per heavy atom. The summed E-state index contributed by atoms with van der Waals surface area (Å²) in [5, 5.41) is 3.41. The molecule has 1 atom stereocenters. The van der Waals surface area contributed by atoms with Gasteiger partial charge in [-0.2, -0.15) is 11.8 Å². The summed E-state index contributed by atoms with van der Waals surface area (Å²) in [5.74, 6) is 3.38. The van der Waals surface area contributed by atoms with Crippen molar-refractivity contribution in [3.63, 3.8) is 0 Å². The predicted octanol–water partition coefficient (Wildman–Crippen LogP) is 2.53. The molecule has 1 aromatic carbocycles. The fourth-order valence-corrected chi connectivity index (χ4v) is 2.94. The lowest BCUT2D eigenvalue weighted by Gasteiger charge is -2.07. The van der Waals surface area contributed by atoms with Gasteiger partial charge in [-0.3, -0.25) is 0 Å². The highest BCUT2D eigenvalue weighted by Crippen LogP contribution is 2.18. The third kappa shape index (κ3) is 3.03. The van der Waals surface area contributed by atoms with E-state index < -0.39 is 0 Å². The van der Waals surface area contributed by atoms with Crippen LogP contribution in [-0.4, -0.2) is 18.8 Å². The lowest BCUT2D eigenvalue weighted by atomic mass is 10.2. The number of rotatable bonds is 4. The molecule has 0 amide bonds. The summed E-state index contributed by atoms with van der Waals surface area (Å²) in [4.78, 5) is 0. The number of hydrogen-bond donors (Lipinski definition) is 1. The molecule has 76 valence electrons. The van der Waals surface area contributed by atoms with Gasteiger partial charge in [0.2, 0.25) is 0 Å². The van der Waals surface area contributed by atoms with Crippen molar-refractivity contribution >= 4 is 11.8 Å². The highest BCUT2D eigenvalue weighted by Gasteiger charge is 2.13. The van der Waals surface area contributed by atoms with E-state index in [1.807, 2.05) is 0 Å². The van der Waals surface area contributed by atoms with E-state index in [9.17, 15) is 0 Å². The van der Waals surface area contributed by atoms with Gasteiger partial charge < -0.3 is 5.32 Å². The normalized spacial score (nSPS) is 21.3. The van der Waals surface area contributed by atoms with E-state index in [1.165, 1.54) is 30.8 Å². The van der Waals surface area contributed by atoms with Crippen LogP contribution >= 0.6 is 11.8 Å². The summed E-state index contributed by atoms with van der Waals surface area (Å²) in [5.41, 5.74) is 1.45. The molecule has 1 aliphatic heterocycles. The Balaban J connectivity index is 1.67. The van der Waals surface area contributed by atoms with Crippen LogP contribution in [0.2, 0.25) is 0 Å². The van der Waals surface area contributed by atoms with Crippen LogP contribution in [0.4, 0.5) is 0 Å². The maximum Gasteiger partial charge on any atom is 0.0184 e. The van der Waals surface area contributed by atoms with E-state index in [0.29, 0.717) is 0 Å². The molecule has 0 saturated carbocycles. The molecule has 1 N–H and O–H groups in total. The lowest BCUT2D eigenvalue weighted by Crippen LogP contribution is -2.10. The molecule has 2 rings (SSSR count). The lowest BCUT2D eigenvalue weighted by molar-refractivity contribution is 0.662. The molecule has 1 aromatic rings. The van der Waals surface area contributed by atoms with Gasteiger partial charge in [0.25, 0.3) is 0 Å². The minimum atomic E-state index is 0.906. The molecule has 1 nitrogen and oxygen atoms in total. The largest absolute Gasteiger partial charge is 0.316 e. The van der Waals surface area contributed by atoms with Gasteiger partial charge in [0, 0.05) is 5.75 Å². The Hall–Kier alpha value is -0.470. The van der Waals surface area contributed by atoms with Crippen molar-refractivity contribution in [1.29, 1.82) is 0 Å². The minimum Gasteiger partial charge on any atom is -0.316 e. The van der Waals surface area contributed by atoms with Crippen molar-refractivity contribution in [2.24, 2.45) is 5.92 Å². The van der Waals surface area contributed by atoms with E-state index in [2.05, 4.69) is 47.4 Å². The van der Waals surface area contributed by atoms with Crippen LogP contribution < -0.4 is 5.32 Å². The maximum atomic E-state index is 3.41. The molecule has 1 fully saturated rings. The Bertz CT molecular complexity index is 254. The Morgan fingerprint density at radius 3 is 2.86 bits per heavy atom. The molecule has 1 aliphatic rings. The fraction of sp³-hybridized carbons (Fsp3) is 0.500. The van der Waals surface area contributed by atoms with Crippen molar-refractivity contribution in [1.82, 2.24) is 5.32 Å². The van der Waals surface area contributed by atoms with Crippen molar-refractivity contribution in [2.75, 3.05) is 18.8 Å². The fourth-order valence-electron chi connectivity index (χ4n) is 1.77. The first-order chi connectivity index (χ1) is 6.95. The second kappa shape index (κ2) is 5.42. The van der Waals surface area contributed by atoms with Crippen LogP contribution in [0.5, 0.6) is 0 Å². The van der Waals surface area contributed by atoms with E-state index >= 15 is 0 Å². The van der Waals surface area contributed by atoms with Crippen LogP contribution in [0.3, 0.4) is 0 Å². The molecule has 2 heteroatoms. The summed E-state index contributed by atoms with van der Waals surface area (Å²) in [6.45, 7) is 2.44. The molecule has 0 unspecified atom stereocenters. The first kappa shape index (κ1) is 10.1. The summed E-state index contributed by atoms with van der Waals surface area (Å²) < 4.78 is 0. The quantitative estimate of drug-likeness (QED) is 0.814. The highest BCUT2D eigenvalue weighted by molar-refractivity contribution is 7.98. The van der Waals surface area contributed by atoms with Gasteiger partial charge in [-0.1, -0.05) is 30.3 Å². The first-order valence-corrected chi connectivity index (χ1v) is 6.43. The third-order valence-electron chi connectivity index (χ3n) is 2.63. The van der Waals surface area contributed by atoms with Gasteiger partial charge in [-0.05, 0) is 36.7 Å². The smallest absolute Gasteiger partial charge is 0.0184 e. The van der Waals surface area contributed by atoms with Gasteiger partial charge in [-0.25, -0.2) is 0 Å². The first-order valence-electron chi connectivity index (χ1n) is 5.27. The maximum absolute atomic E-state index is 3.41. The van der Waals surface area contributed by atoms with Crippen LogP contribution in [-0.2, 0) is 5.75 Å². The van der Waals surface area contributed by atoms with E-state index in [4.69, 9.17) is 0 Å². The predicted molar refractivity (Wildman–Crippen MR) is 63.6 cm³/mol. The second-order valence-corrected chi connectivity index (χ2v) is 4.89. The van der Waals surface area contributed by atoms with Gasteiger partial charge >= 0.3 is 0 Å². The van der Waals surface area contributed by atoms with E-state index in [0.717, 1.165) is 11.7 Å². The van der Waals surface area contributed by atoms with Crippen molar-refractivity contribution in [3.05, 3.63) is 35.9 Å². The van der Waals surface area contributed by atoms with E-state index in [-0.39, 0.29) is 0 Å². The average molecular weight is 207 g/mol. The Kier molecular flexibility index (Phi) is 3.90. The zero-order valence-electron chi connectivity index (χ0n) is 8.41. The summed E-state index contributed by atoms with van der Waals surface area (Å²) in [7, 11) is 0. The van der Waals surface area contributed by atoms with Crippen LogP contribution in [0.1, 0.15) is 12.0 Å². The SMILES string of the molecule is c1ccc(CSC[C@@H]2CCNC2)cc1. The Labute approximate surface area is 90.3 Å². The molecule has 14 heavy (non-hydrogen) atoms. The number of hydrogen-bond acceptors (Lipinski definition) is 2. The monoisotopic (exact) mass is 207 g/mol. The molecule has 0 radical (unpaired) electrons. The summed E-state index contributed by atoms with van der Waals surface area (Å²) in [6.07, 6.45) is 1.36. The zero-order chi connectivity index (χ0) is 9.64. The molecule has 1 heterocycles. The van der Waals surface area contributed by atoms with E-state index in [1.54, 1.807) is 0 Å². The Morgan fingerprint density at radius 1 is 1.29 bits per heavy atom. The standard InChI is InChI=1S/C12H17NS/c1-2-4-11(5-3-1)9-14-10-12-6-7-13-8-12/h1-5,12-13H,6-10H2/t12-/m1/s1. The molecule has 0 bridgehead atoms. The number of nitrogens with one attached hydrogen (secondary N) is 1. The van der Waals surface area contributed by atoms with Crippen LogP contribution in [0.15, 0.2) is 30.3 Å². The molecule has 0 aliphatic carbocycles. The van der Waals surface area contributed by atoms with Crippen molar-refractivity contribution < 1.29 is 0 Å². The second-order valence-electron chi connectivity index (χ2n) is 3.86. The molecule has 1 saturated heterocycles. The van der Waals surface area contributed by atoms with Crippen molar-refractivity contribution in [3.8, 4) is 0 Å². The van der Waals surface area contributed by atoms with Gasteiger partial charge in [0.05, 0.1) is 0 Å². The van der Waals surface area contributed by atoms with Gasteiger partial charge in [-0.15, -0.1) is 0 Å². The summed E-state index contributed by atoms with van der Waals surface area (Å²) in [6, 6.07) is 10.7. The number of thioether (sulfide) groups is 1. The zero-order valence-corrected chi connectivity index (χ0v) is 9.22. The third-order valence-corrected chi connectivity index (χ3v) is 3.87. The molecule has 0 aromatic heterocycles. The average Bonchev–Trinajstić information content (AvgIpc) is 2.72. The number of benzene rings is 1.